The van der Waals surface area contributed by atoms with Gasteiger partial charge in [-0.25, -0.2) is 9.59 Å². The maximum atomic E-state index is 12.8. The summed E-state index contributed by atoms with van der Waals surface area (Å²) in [5.74, 6) is 1.15. The topological polar surface area (TPSA) is 72.9 Å². The average Bonchev–Trinajstić information content (AvgIpc) is 2.72. The minimum absolute atomic E-state index is 0.281. The SMILES string of the molecule is CC(C)CN1COc2ccc3c(-c4cc5cc(Cl)ccc5oc4=O)cc(=O)oc3c2C1. The van der Waals surface area contributed by atoms with Crippen molar-refractivity contribution < 1.29 is 13.6 Å². The second-order valence-corrected chi connectivity index (χ2v) is 8.64. The van der Waals surface area contributed by atoms with Gasteiger partial charge in [-0.3, -0.25) is 4.90 Å². The number of hydrogen-bond acceptors (Lipinski definition) is 6. The van der Waals surface area contributed by atoms with Crippen molar-refractivity contribution >= 4 is 33.5 Å². The lowest BCUT2D eigenvalue weighted by Crippen LogP contribution is -2.34. The number of benzene rings is 2. The second kappa shape index (κ2) is 7.55. The van der Waals surface area contributed by atoms with E-state index in [4.69, 9.17) is 25.2 Å². The Morgan fingerprint density at radius 3 is 2.68 bits per heavy atom. The third kappa shape index (κ3) is 3.62. The molecule has 0 saturated heterocycles. The van der Waals surface area contributed by atoms with Crippen LogP contribution in [-0.2, 0) is 6.54 Å². The molecule has 5 rings (SSSR count). The molecule has 1 aliphatic heterocycles. The molecule has 0 fully saturated rings. The molecule has 0 spiro atoms. The minimum Gasteiger partial charge on any atom is -0.478 e. The molecular weight excluding hydrogens is 418 g/mol. The van der Waals surface area contributed by atoms with Crippen molar-refractivity contribution in [1.82, 2.24) is 4.90 Å². The van der Waals surface area contributed by atoms with E-state index in [-0.39, 0.29) is 5.56 Å². The van der Waals surface area contributed by atoms with Gasteiger partial charge in [0, 0.05) is 40.5 Å². The van der Waals surface area contributed by atoms with Gasteiger partial charge >= 0.3 is 11.3 Å². The first kappa shape index (κ1) is 19.8. The highest BCUT2D eigenvalue weighted by molar-refractivity contribution is 6.31. The van der Waals surface area contributed by atoms with Gasteiger partial charge in [-0.15, -0.1) is 0 Å². The first-order valence-electron chi connectivity index (χ1n) is 10.1. The van der Waals surface area contributed by atoms with Crippen molar-refractivity contribution in [2.75, 3.05) is 13.3 Å². The number of rotatable bonds is 3. The maximum absolute atomic E-state index is 12.8. The quantitative estimate of drug-likeness (QED) is 0.419. The predicted octanol–water partition coefficient (Wildman–Crippen LogP) is 5.03. The highest BCUT2D eigenvalue weighted by Crippen LogP contribution is 2.36. The van der Waals surface area contributed by atoms with Crippen molar-refractivity contribution in [1.29, 1.82) is 0 Å². The van der Waals surface area contributed by atoms with Gasteiger partial charge in [-0.05, 0) is 42.3 Å². The molecule has 158 valence electrons. The third-order valence-corrected chi connectivity index (χ3v) is 5.60. The van der Waals surface area contributed by atoms with E-state index in [2.05, 4.69) is 18.7 Å². The predicted molar refractivity (Wildman–Crippen MR) is 120 cm³/mol. The molecule has 0 bridgehead atoms. The van der Waals surface area contributed by atoms with Crippen LogP contribution < -0.4 is 16.0 Å². The summed E-state index contributed by atoms with van der Waals surface area (Å²) in [6, 6.07) is 11.7. The van der Waals surface area contributed by atoms with Crippen molar-refractivity contribution in [3.63, 3.8) is 0 Å². The van der Waals surface area contributed by atoms with Crippen molar-refractivity contribution in [2.45, 2.75) is 20.4 Å². The zero-order chi connectivity index (χ0) is 21.7. The summed E-state index contributed by atoms with van der Waals surface area (Å²) < 4.78 is 17.0. The standard InChI is InChI=1S/C24H20ClNO5/c1-13(2)10-26-11-19-21(29-12-26)6-4-16-17(9-22(27)31-23(16)19)18-8-14-7-15(25)3-5-20(14)30-24(18)28/h3-9,13H,10-12H2,1-2H3. The maximum Gasteiger partial charge on any atom is 0.344 e. The zero-order valence-electron chi connectivity index (χ0n) is 17.1. The number of halogens is 1. The van der Waals surface area contributed by atoms with Gasteiger partial charge in [0.1, 0.15) is 23.6 Å². The minimum atomic E-state index is -0.539. The van der Waals surface area contributed by atoms with E-state index in [1.54, 1.807) is 24.3 Å². The van der Waals surface area contributed by atoms with Gasteiger partial charge in [-0.1, -0.05) is 25.4 Å². The highest BCUT2D eigenvalue weighted by atomic mass is 35.5. The molecule has 7 heteroatoms. The average molecular weight is 438 g/mol. The van der Waals surface area contributed by atoms with Crippen LogP contribution >= 0.6 is 11.6 Å². The van der Waals surface area contributed by atoms with E-state index in [1.807, 2.05) is 12.1 Å². The smallest absolute Gasteiger partial charge is 0.344 e. The Morgan fingerprint density at radius 1 is 1.03 bits per heavy atom. The van der Waals surface area contributed by atoms with E-state index < -0.39 is 11.3 Å². The Balaban J connectivity index is 1.73. The Labute approximate surface area is 182 Å². The normalized spacial score (nSPS) is 14.2. The molecule has 0 N–H and O–H groups in total. The first-order valence-corrected chi connectivity index (χ1v) is 10.5. The monoisotopic (exact) mass is 437 g/mol. The summed E-state index contributed by atoms with van der Waals surface area (Å²) in [5.41, 5.74) is 1.34. The number of ether oxygens (including phenoxy) is 1. The molecule has 0 aliphatic carbocycles. The van der Waals surface area contributed by atoms with Crippen LogP contribution in [0, 0.1) is 5.92 Å². The molecular formula is C24H20ClNO5. The van der Waals surface area contributed by atoms with Crippen LogP contribution in [0.4, 0.5) is 0 Å². The first-order chi connectivity index (χ1) is 14.9. The van der Waals surface area contributed by atoms with Gasteiger partial charge in [0.2, 0.25) is 0 Å². The van der Waals surface area contributed by atoms with Crippen molar-refractivity contribution in [3.05, 3.63) is 73.9 Å². The summed E-state index contributed by atoms with van der Waals surface area (Å²) in [6.45, 7) is 6.22. The molecule has 3 heterocycles. The molecule has 0 unspecified atom stereocenters. The van der Waals surface area contributed by atoms with E-state index in [0.717, 1.165) is 12.1 Å². The molecule has 6 nitrogen and oxygen atoms in total. The van der Waals surface area contributed by atoms with E-state index in [0.29, 0.717) is 57.5 Å². The second-order valence-electron chi connectivity index (χ2n) is 8.21. The molecule has 31 heavy (non-hydrogen) atoms. The Bertz CT molecular complexity index is 1440. The van der Waals surface area contributed by atoms with Crippen LogP contribution in [0.1, 0.15) is 19.4 Å². The molecule has 0 atom stereocenters. The summed E-state index contributed by atoms with van der Waals surface area (Å²) in [4.78, 5) is 27.4. The lowest BCUT2D eigenvalue weighted by molar-refractivity contribution is 0.0848. The summed E-state index contributed by atoms with van der Waals surface area (Å²) in [5, 5.41) is 1.86. The summed E-state index contributed by atoms with van der Waals surface area (Å²) in [6.07, 6.45) is 0. The van der Waals surface area contributed by atoms with Crippen LogP contribution in [-0.4, -0.2) is 18.2 Å². The third-order valence-electron chi connectivity index (χ3n) is 5.36. The largest absolute Gasteiger partial charge is 0.478 e. The van der Waals surface area contributed by atoms with Crippen LogP contribution in [0.2, 0.25) is 5.02 Å². The summed E-state index contributed by atoms with van der Waals surface area (Å²) >= 11 is 6.10. The lowest BCUT2D eigenvalue weighted by atomic mass is 9.99. The fourth-order valence-corrected chi connectivity index (χ4v) is 4.30. The molecule has 0 amide bonds. The highest BCUT2D eigenvalue weighted by Gasteiger charge is 2.24. The van der Waals surface area contributed by atoms with Crippen LogP contribution in [0.5, 0.6) is 5.75 Å². The fraction of sp³-hybridized carbons (Fsp3) is 0.250. The number of hydrogen-bond donors (Lipinski definition) is 0. The van der Waals surface area contributed by atoms with Crippen molar-refractivity contribution in [3.8, 4) is 16.9 Å². The van der Waals surface area contributed by atoms with Crippen LogP contribution in [0.3, 0.4) is 0 Å². The molecule has 2 aromatic carbocycles. The summed E-state index contributed by atoms with van der Waals surface area (Å²) in [7, 11) is 0. The fourth-order valence-electron chi connectivity index (χ4n) is 4.12. The van der Waals surface area contributed by atoms with Crippen LogP contribution in [0.25, 0.3) is 33.1 Å². The molecule has 2 aromatic heterocycles. The van der Waals surface area contributed by atoms with E-state index in [9.17, 15) is 9.59 Å². The Kier molecular flexibility index (Phi) is 4.84. The van der Waals surface area contributed by atoms with Gasteiger partial charge < -0.3 is 13.6 Å². The molecule has 0 radical (unpaired) electrons. The molecule has 0 saturated carbocycles. The van der Waals surface area contributed by atoms with Crippen molar-refractivity contribution in [2.24, 2.45) is 5.92 Å². The lowest BCUT2D eigenvalue weighted by Gasteiger charge is -2.30. The molecule has 1 aliphatic rings. The van der Waals surface area contributed by atoms with E-state index in [1.165, 1.54) is 6.07 Å². The van der Waals surface area contributed by atoms with Crippen LogP contribution in [0.15, 0.2) is 60.9 Å². The van der Waals surface area contributed by atoms with Gasteiger partial charge in [0.25, 0.3) is 0 Å². The Hall–Kier alpha value is -3.09. The number of nitrogens with zero attached hydrogens (tertiary/aromatic N) is 1. The van der Waals surface area contributed by atoms with Gasteiger partial charge in [-0.2, -0.15) is 0 Å². The van der Waals surface area contributed by atoms with Gasteiger partial charge in [0.15, 0.2) is 0 Å². The van der Waals surface area contributed by atoms with Gasteiger partial charge in [0.05, 0.1) is 11.1 Å². The zero-order valence-corrected chi connectivity index (χ0v) is 17.9. The van der Waals surface area contributed by atoms with E-state index >= 15 is 0 Å². The number of fused-ring (bicyclic) bond motifs is 4. The molecule has 4 aromatic rings. The Morgan fingerprint density at radius 2 is 1.87 bits per heavy atom.